The number of hydrogen-bond donors (Lipinski definition) is 0. The second kappa shape index (κ2) is 11.3. The van der Waals surface area contributed by atoms with E-state index < -0.39 is 0 Å². The summed E-state index contributed by atoms with van der Waals surface area (Å²) in [7, 11) is 3.96. The van der Waals surface area contributed by atoms with Crippen molar-refractivity contribution in [2.45, 2.75) is 38.8 Å². The third kappa shape index (κ3) is 5.09. The molecule has 2 aliphatic heterocycles. The summed E-state index contributed by atoms with van der Waals surface area (Å²) in [5.74, 6) is 0.949. The first kappa shape index (κ1) is 28.1. The molecule has 2 aliphatic rings. The highest BCUT2D eigenvalue weighted by atomic mass is 32.1. The lowest BCUT2D eigenvalue weighted by molar-refractivity contribution is -0.136. The number of imidazole rings is 1. The quantitative estimate of drug-likeness (QED) is 0.279. The number of carbonyl (C=O) groups is 1. The molecule has 4 aromatic rings. The number of thiazole rings is 1. The van der Waals surface area contributed by atoms with Gasteiger partial charge in [-0.25, -0.2) is 16.5 Å². The van der Waals surface area contributed by atoms with E-state index in [0.717, 1.165) is 58.7 Å². The van der Waals surface area contributed by atoms with Crippen LogP contribution in [-0.2, 0) is 11.2 Å². The lowest BCUT2D eigenvalue weighted by Crippen LogP contribution is -2.55. The van der Waals surface area contributed by atoms with E-state index in [1.807, 2.05) is 54.7 Å². The summed E-state index contributed by atoms with van der Waals surface area (Å²) >= 11 is 2.93. The Labute approximate surface area is 253 Å². The van der Waals surface area contributed by atoms with E-state index in [1.165, 1.54) is 11.3 Å². The van der Waals surface area contributed by atoms with Crippen molar-refractivity contribution >= 4 is 49.6 Å². The summed E-state index contributed by atoms with van der Waals surface area (Å²) < 4.78 is 1.90. The Balaban J connectivity index is 1.20. The number of nitriles is 1. The van der Waals surface area contributed by atoms with E-state index >= 15 is 0 Å². The van der Waals surface area contributed by atoms with Crippen LogP contribution in [0.1, 0.15) is 29.5 Å². The molecule has 3 aromatic heterocycles. The predicted molar refractivity (Wildman–Crippen MR) is 166 cm³/mol. The van der Waals surface area contributed by atoms with Crippen molar-refractivity contribution in [3.8, 4) is 17.3 Å². The van der Waals surface area contributed by atoms with Gasteiger partial charge in [-0.3, -0.25) is 9.69 Å². The molecule has 6 rings (SSSR count). The standard InChI is InChI=1S/C29H32N10OS2/c1-6-22-26(36(5)27-33-25(23(13-30)41-27)19-9-7-18(2)8-10-19)39-28(32-22)42-29(34-39)37-12-11-21(16-37)35(4)17-24(40)38-14-20(15-38)31-3/h7-10,20-21H,6,11-12,14-17H2,1-2,4-5H3/t21-/m1/s1. The summed E-state index contributed by atoms with van der Waals surface area (Å²) in [6.45, 7) is 14.3. The average molecular weight is 601 g/mol. The van der Waals surface area contributed by atoms with E-state index in [1.54, 1.807) is 16.2 Å². The van der Waals surface area contributed by atoms with Gasteiger partial charge in [-0.1, -0.05) is 59.4 Å². The Morgan fingerprint density at radius 3 is 2.64 bits per heavy atom. The highest BCUT2D eigenvalue weighted by molar-refractivity contribution is 7.20. The number of rotatable bonds is 8. The second-order valence-electron chi connectivity index (χ2n) is 10.9. The highest BCUT2D eigenvalue weighted by Crippen LogP contribution is 2.38. The van der Waals surface area contributed by atoms with Gasteiger partial charge in [0.25, 0.3) is 6.04 Å². The third-order valence-electron chi connectivity index (χ3n) is 8.06. The summed E-state index contributed by atoms with van der Waals surface area (Å²) in [5.41, 5.74) is 3.70. The molecule has 5 heterocycles. The molecule has 0 unspecified atom stereocenters. The lowest BCUT2D eigenvalue weighted by Gasteiger charge is -2.34. The topological polar surface area (TPSA) is 101 Å². The number of benzene rings is 1. The fourth-order valence-corrected chi connectivity index (χ4v) is 7.25. The molecule has 0 radical (unpaired) electrons. The van der Waals surface area contributed by atoms with Crippen LogP contribution in [0.15, 0.2) is 24.3 Å². The Bertz CT molecular complexity index is 1700. The van der Waals surface area contributed by atoms with Crippen molar-refractivity contribution in [2.24, 2.45) is 0 Å². The van der Waals surface area contributed by atoms with Crippen LogP contribution in [0.2, 0.25) is 0 Å². The number of likely N-dealkylation sites (tertiary alicyclic amines) is 1. The zero-order chi connectivity index (χ0) is 29.5. The Hall–Kier alpha value is -4.04. The van der Waals surface area contributed by atoms with E-state index in [2.05, 4.69) is 27.6 Å². The molecule has 1 amide bonds. The Morgan fingerprint density at radius 1 is 1.19 bits per heavy atom. The fraction of sp³-hybridized carbons (Fsp3) is 0.448. The number of nitrogens with zero attached hydrogens (tertiary/aromatic N) is 10. The number of anilines is 3. The van der Waals surface area contributed by atoms with Gasteiger partial charge in [0.05, 0.1) is 25.3 Å². The number of hydrogen-bond acceptors (Lipinski definition) is 10. The van der Waals surface area contributed by atoms with E-state index in [9.17, 15) is 10.1 Å². The van der Waals surface area contributed by atoms with Gasteiger partial charge in [0.1, 0.15) is 16.6 Å². The molecule has 13 heteroatoms. The summed E-state index contributed by atoms with van der Waals surface area (Å²) in [6.07, 6.45) is 1.69. The maximum atomic E-state index is 12.6. The molecule has 216 valence electrons. The van der Waals surface area contributed by atoms with Gasteiger partial charge in [0, 0.05) is 31.7 Å². The van der Waals surface area contributed by atoms with Gasteiger partial charge in [-0.05, 0) is 26.8 Å². The first-order valence-corrected chi connectivity index (χ1v) is 15.6. The zero-order valence-electron chi connectivity index (χ0n) is 24.1. The van der Waals surface area contributed by atoms with E-state index in [0.29, 0.717) is 35.3 Å². The first-order chi connectivity index (χ1) is 20.3. The Kier molecular flexibility index (Phi) is 7.58. The molecule has 0 spiro atoms. The minimum absolute atomic E-state index is 0.0403. The number of likely N-dealkylation sites (N-methyl/N-ethyl adjacent to an activating group) is 1. The maximum absolute atomic E-state index is 12.6. The van der Waals surface area contributed by atoms with Gasteiger partial charge < -0.3 is 19.5 Å². The monoisotopic (exact) mass is 600 g/mol. The van der Waals surface area contributed by atoms with Crippen LogP contribution in [0.3, 0.4) is 0 Å². The third-order valence-corrected chi connectivity index (χ3v) is 10.1. The maximum Gasteiger partial charge on any atom is 0.258 e. The van der Waals surface area contributed by atoms with E-state index in [4.69, 9.17) is 21.6 Å². The van der Waals surface area contributed by atoms with Crippen LogP contribution in [0.4, 0.5) is 16.1 Å². The molecule has 11 nitrogen and oxygen atoms in total. The van der Waals surface area contributed by atoms with Gasteiger partial charge in [0.15, 0.2) is 10.9 Å². The van der Waals surface area contributed by atoms with Crippen LogP contribution < -0.4 is 9.80 Å². The second-order valence-corrected chi connectivity index (χ2v) is 12.8. The number of amides is 1. The lowest BCUT2D eigenvalue weighted by atomic mass is 10.1. The van der Waals surface area contributed by atoms with Crippen molar-refractivity contribution in [1.29, 1.82) is 5.26 Å². The van der Waals surface area contributed by atoms with Crippen LogP contribution in [-0.4, -0.2) is 94.2 Å². The summed E-state index contributed by atoms with van der Waals surface area (Å²) in [5, 5.41) is 16.5. The van der Waals surface area contributed by atoms with Gasteiger partial charge in [0.2, 0.25) is 16.0 Å². The molecule has 2 saturated heterocycles. The zero-order valence-corrected chi connectivity index (χ0v) is 25.7. The van der Waals surface area contributed by atoms with Gasteiger partial charge in [-0.15, -0.1) is 5.10 Å². The fourth-order valence-electron chi connectivity index (χ4n) is 5.45. The average Bonchev–Trinajstić information content (AvgIpc) is 3.74. The van der Waals surface area contributed by atoms with Crippen LogP contribution >= 0.6 is 22.7 Å². The number of aryl methyl sites for hydroxylation is 2. The Morgan fingerprint density at radius 2 is 1.95 bits per heavy atom. The molecule has 42 heavy (non-hydrogen) atoms. The van der Waals surface area contributed by atoms with Crippen molar-refractivity contribution in [1.82, 2.24) is 29.4 Å². The number of fused-ring (bicyclic) bond motifs is 1. The van der Waals surface area contributed by atoms with Crippen LogP contribution in [0.5, 0.6) is 0 Å². The molecule has 1 aromatic carbocycles. The van der Waals surface area contributed by atoms with E-state index in [-0.39, 0.29) is 18.0 Å². The number of aromatic nitrogens is 4. The minimum Gasteiger partial charge on any atom is -0.345 e. The molecule has 0 aliphatic carbocycles. The molecule has 0 saturated carbocycles. The smallest absolute Gasteiger partial charge is 0.258 e. The van der Waals surface area contributed by atoms with Gasteiger partial charge >= 0.3 is 0 Å². The SMILES string of the molecule is [C-]#[N+]C1CN(C(=O)CN(C)[C@@H]2CCN(c3nn4c(N(C)c5nc(-c6ccc(C)cc6)c(C#N)s5)c(CC)nc4s3)C2)C1. The summed E-state index contributed by atoms with van der Waals surface area (Å²) in [4.78, 5) is 35.5. The van der Waals surface area contributed by atoms with Crippen molar-refractivity contribution in [2.75, 3.05) is 56.6 Å². The molecule has 0 N–H and O–H groups in total. The number of carbonyl (C=O) groups excluding carboxylic acids is 1. The van der Waals surface area contributed by atoms with Crippen LogP contribution in [0, 0.1) is 24.8 Å². The first-order valence-electron chi connectivity index (χ1n) is 14.0. The molecule has 2 fully saturated rings. The van der Waals surface area contributed by atoms with Crippen molar-refractivity contribution < 1.29 is 4.79 Å². The molecular weight excluding hydrogens is 569 g/mol. The molecule has 0 bridgehead atoms. The largest absolute Gasteiger partial charge is 0.345 e. The van der Waals surface area contributed by atoms with Gasteiger partial charge in [-0.2, -0.15) is 9.78 Å². The normalized spacial score (nSPS) is 17.1. The molecular formula is C29H32N10OS2. The minimum atomic E-state index is -0.0403. The predicted octanol–water partition coefficient (Wildman–Crippen LogP) is 4.07. The molecule has 1 atom stereocenters. The van der Waals surface area contributed by atoms with Crippen molar-refractivity contribution in [3.05, 3.63) is 51.8 Å². The van der Waals surface area contributed by atoms with Crippen molar-refractivity contribution in [3.63, 3.8) is 0 Å². The van der Waals surface area contributed by atoms with Crippen LogP contribution in [0.25, 0.3) is 21.1 Å². The highest BCUT2D eigenvalue weighted by Gasteiger charge is 2.37. The summed E-state index contributed by atoms with van der Waals surface area (Å²) in [6, 6.07) is 10.6.